The Bertz CT molecular complexity index is 544. The van der Waals surface area contributed by atoms with Gasteiger partial charge in [0.2, 0.25) is 5.91 Å². The van der Waals surface area contributed by atoms with E-state index in [4.69, 9.17) is 0 Å². The maximum absolute atomic E-state index is 12.0. The molecule has 0 saturated carbocycles. The zero-order valence-corrected chi connectivity index (χ0v) is 10.7. The number of amides is 1. The molecule has 2 aliphatic rings. The lowest BCUT2D eigenvalue weighted by Gasteiger charge is -2.40. The molecule has 3 rings (SSSR count). The SMILES string of the molecule is COC(=O)c1cnc2c(c1)NC(=O)C1CCCCN21. The summed E-state index contributed by atoms with van der Waals surface area (Å²) in [6.45, 7) is 0.829. The highest BCUT2D eigenvalue weighted by atomic mass is 16.5. The van der Waals surface area contributed by atoms with Crippen LogP contribution in [0.25, 0.3) is 0 Å². The van der Waals surface area contributed by atoms with Gasteiger partial charge in [-0.25, -0.2) is 9.78 Å². The first-order valence-electron chi connectivity index (χ1n) is 6.36. The number of hydrogen-bond acceptors (Lipinski definition) is 5. The summed E-state index contributed by atoms with van der Waals surface area (Å²) in [5.74, 6) is 0.276. The number of esters is 1. The van der Waals surface area contributed by atoms with Gasteiger partial charge in [0.05, 0.1) is 18.4 Å². The molecular formula is C13H15N3O3. The van der Waals surface area contributed by atoms with Gasteiger partial charge in [0.25, 0.3) is 0 Å². The Labute approximate surface area is 110 Å². The van der Waals surface area contributed by atoms with Crippen LogP contribution in [0.5, 0.6) is 0 Å². The van der Waals surface area contributed by atoms with E-state index in [1.807, 2.05) is 4.90 Å². The zero-order chi connectivity index (χ0) is 13.4. The third-order valence-electron chi connectivity index (χ3n) is 3.62. The number of ether oxygens (including phenoxy) is 1. The minimum absolute atomic E-state index is 0.0176. The maximum Gasteiger partial charge on any atom is 0.339 e. The monoisotopic (exact) mass is 261 g/mol. The van der Waals surface area contributed by atoms with E-state index in [2.05, 4.69) is 15.0 Å². The third-order valence-corrected chi connectivity index (χ3v) is 3.62. The Hall–Kier alpha value is -2.11. The third kappa shape index (κ3) is 1.93. The Morgan fingerprint density at radius 1 is 1.53 bits per heavy atom. The smallest absolute Gasteiger partial charge is 0.339 e. The fourth-order valence-corrected chi connectivity index (χ4v) is 2.68. The summed E-state index contributed by atoms with van der Waals surface area (Å²) >= 11 is 0. The van der Waals surface area contributed by atoms with E-state index < -0.39 is 5.97 Å². The second kappa shape index (κ2) is 4.53. The average Bonchev–Trinajstić information content (AvgIpc) is 2.46. The lowest BCUT2D eigenvalue weighted by molar-refractivity contribution is -0.118. The number of nitrogens with zero attached hydrogens (tertiary/aromatic N) is 2. The van der Waals surface area contributed by atoms with Crippen molar-refractivity contribution in [1.82, 2.24) is 4.98 Å². The minimum Gasteiger partial charge on any atom is -0.465 e. The topological polar surface area (TPSA) is 71.5 Å². The summed E-state index contributed by atoms with van der Waals surface area (Å²) in [4.78, 5) is 29.9. The van der Waals surface area contributed by atoms with Crippen molar-refractivity contribution in [3.63, 3.8) is 0 Å². The molecule has 1 aromatic heterocycles. The summed E-state index contributed by atoms with van der Waals surface area (Å²) in [6.07, 6.45) is 4.47. The lowest BCUT2D eigenvalue weighted by atomic mass is 9.99. The van der Waals surface area contributed by atoms with Crippen molar-refractivity contribution in [2.45, 2.75) is 25.3 Å². The number of carbonyl (C=O) groups is 2. The number of aromatic nitrogens is 1. The second-order valence-electron chi connectivity index (χ2n) is 4.78. The quantitative estimate of drug-likeness (QED) is 0.768. The van der Waals surface area contributed by atoms with Crippen LogP contribution < -0.4 is 10.2 Å². The fourth-order valence-electron chi connectivity index (χ4n) is 2.68. The van der Waals surface area contributed by atoms with Crippen molar-refractivity contribution < 1.29 is 14.3 Å². The number of piperidine rings is 1. The number of fused-ring (bicyclic) bond motifs is 3. The van der Waals surface area contributed by atoms with Crippen LogP contribution in [0.2, 0.25) is 0 Å². The highest BCUT2D eigenvalue weighted by Gasteiger charge is 2.35. The van der Waals surface area contributed by atoms with E-state index in [-0.39, 0.29) is 11.9 Å². The maximum atomic E-state index is 12.0. The highest BCUT2D eigenvalue weighted by Crippen LogP contribution is 2.34. The molecule has 1 N–H and O–H groups in total. The van der Waals surface area contributed by atoms with Crippen LogP contribution in [0.4, 0.5) is 11.5 Å². The Kier molecular flexibility index (Phi) is 2.85. The van der Waals surface area contributed by atoms with Crippen LogP contribution in [0.15, 0.2) is 12.3 Å². The molecule has 0 aromatic carbocycles. The van der Waals surface area contributed by atoms with Gasteiger partial charge in [-0.05, 0) is 25.3 Å². The molecule has 19 heavy (non-hydrogen) atoms. The van der Waals surface area contributed by atoms with Gasteiger partial charge in [-0.3, -0.25) is 4.79 Å². The molecule has 0 bridgehead atoms. The van der Waals surface area contributed by atoms with Gasteiger partial charge in [0, 0.05) is 12.7 Å². The van der Waals surface area contributed by atoms with Crippen LogP contribution in [0.3, 0.4) is 0 Å². The Morgan fingerprint density at radius 2 is 2.37 bits per heavy atom. The molecule has 100 valence electrons. The summed E-state index contributed by atoms with van der Waals surface area (Å²) in [5.41, 5.74) is 0.933. The first kappa shape index (κ1) is 12.0. The number of hydrogen-bond donors (Lipinski definition) is 1. The van der Waals surface area contributed by atoms with E-state index in [0.717, 1.165) is 31.6 Å². The molecule has 1 amide bonds. The Morgan fingerprint density at radius 3 is 3.16 bits per heavy atom. The van der Waals surface area contributed by atoms with Crippen molar-refractivity contribution >= 4 is 23.4 Å². The molecule has 1 fully saturated rings. The number of pyridine rings is 1. The fraction of sp³-hybridized carbons (Fsp3) is 0.462. The molecule has 1 unspecified atom stereocenters. The Balaban J connectivity index is 2.00. The van der Waals surface area contributed by atoms with Gasteiger partial charge in [-0.2, -0.15) is 0 Å². The molecule has 0 spiro atoms. The first-order valence-corrected chi connectivity index (χ1v) is 6.36. The zero-order valence-electron chi connectivity index (χ0n) is 10.7. The summed E-state index contributed by atoms with van der Waals surface area (Å²) < 4.78 is 4.66. The van der Waals surface area contributed by atoms with Gasteiger partial charge in [0.15, 0.2) is 5.82 Å². The molecule has 0 aliphatic carbocycles. The van der Waals surface area contributed by atoms with Crippen molar-refractivity contribution in [3.8, 4) is 0 Å². The van der Waals surface area contributed by atoms with Crippen molar-refractivity contribution in [2.75, 3.05) is 23.9 Å². The summed E-state index contributed by atoms with van der Waals surface area (Å²) in [7, 11) is 1.32. The van der Waals surface area contributed by atoms with Crippen LogP contribution in [0, 0.1) is 0 Å². The molecule has 1 aromatic rings. The number of carbonyl (C=O) groups excluding carboxylic acids is 2. The van der Waals surface area contributed by atoms with Crippen molar-refractivity contribution in [1.29, 1.82) is 0 Å². The van der Waals surface area contributed by atoms with Gasteiger partial charge in [-0.1, -0.05) is 0 Å². The highest BCUT2D eigenvalue weighted by molar-refractivity contribution is 6.04. The van der Waals surface area contributed by atoms with Gasteiger partial charge >= 0.3 is 5.97 Å². The molecule has 1 saturated heterocycles. The van der Waals surface area contributed by atoms with Gasteiger partial charge < -0.3 is 15.0 Å². The minimum atomic E-state index is -0.453. The number of methoxy groups -OCH3 is 1. The molecule has 2 aliphatic heterocycles. The molecule has 3 heterocycles. The van der Waals surface area contributed by atoms with Crippen LogP contribution >= 0.6 is 0 Å². The van der Waals surface area contributed by atoms with E-state index in [0.29, 0.717) is 11.3 Å². The largest absolute Gasteiger partial charge is 0.465 e. The molecule has 6 heteroatoms. The van der Waals surface area contributed by atoms with Gasteiger partial charge in [0.1, 0.15) is 6.04 Å². The van der Waals surface area contributed by atoms with Crippen LogP contribution in [0.1, 0.15) is 29.6 Å². The van der Waals surface area contributed by atoms with Crippen LogP contribution in [-0.4, -0.2) is 36.6 Å². The molecule has 6 nitrogen and oxygen atoms in total. The predicted molar refractivity (Wildman–Crippen MR) is 69.2 cm³/mol. The van der Waals surface area contributed by atoms with Crippen LogP contribution in [-0.2, 0) is 9.53 Å². The van der Waals surface area contributed by atoms with E-state index in [9.17, 15) is 9.59 Å². The lowest BCUT2D eigenvalue weighted by Crippen LogP contribution is -2.51. The summed E-state index contributed by atoms with van der Waals surface area (Å²) in [6, 6.07) is 1.49. The normalized spacial score (nSPS) is 21.2. The second-order valence-corrected chi connectivity index (χ2v) is 4.78. The predicted octanol–water partition coefficient (Wildman–Crippen LogP) is 1.18. The molecule has 0 radical (unpaired) electrons. The average molecular weight is 261 g/mol. The molecular weight excluding hydrogens is 246 g/mol. The molecule has 1 atom stereocenters. The number of nitrogens with one attached hydrogen (secondary N) is 1. The van der Waals surface area contributed by atoms with Crippen molar-refractivity contribution in [2.24, 2.45) is 0 Å². The number of anilines is 2. The first-order chi connectivity index (χ1) is 9.20. The van der Waals surface area contributed by atoms with Crippen molar-refractivity contribution in [3.05, 3.63) is 17.8 Å². The number of rotatable bonds is 1. The summed E-state index contributed by atoms with van der Waals surface area (Å²) in [5, 5.41) is 2.83. The van der Waals surface area contributed by atoms with Gasteiger partial charge in [-0.15, -0.1) is 0 Å². The van der Waals surface area contributed by atoms with E-state index >= 15 is 0 Å². The van der Waals surface area contributed by atoms with E-state index in [1.54, 1.807) is 6.07 Å². The standard InChI is InChI=1S/C13H15N3O3/c1-19-13(18)8-6-9-11(14-7-8)16-5-3-2-4-10(16)12(17)15-9/h6-7,10H,2-5H2,1H3,(H,15,17). The van der Waals surface area contributed by atoms with E-state index in [1.165, 1.54) is 13.3 Å².